The molecule has 0 aliphatic carbocycles. The van der Waals surface area contributed by atoms with Crippen molar-refractivity contribution in [2.45, 2.75) is 13.2 Å². The van der Waals surface area contributed by atoms with E-state index in [-0.39, 0.29) is 6.29 Å². The molecule has 0 bridgehead atoms. The Kier molecular flexibility index (Phi) is 5.69. The Balaban J connectivity index is 2.00. The Morgan fingerprint density at radius 2 is 1.00 bits per heavy atom. The molecule has 1 aliphatic heterocycles. The van der Waals surface area contributed by atoms with Crippen LogP contribution in [0, 0.1) is 0 Å². The van der Waals surface area contributed by atoms with Gasteiger partial charge in [-0.3, -0.25) is 0 Å². The second-order valence-electron chi connectivity index (χ2n) is 8.26. The van der Waals surface area contributed by atoms with Crippen LogP contribution in [-0.2, 0) is 9.47 Å². The number of hydrogen-bond acceptors (Lipinski definition) is 2. The van der Waals surface area contributed by atoms with Crippen molar-refractivity contribution in [1.82, 2.24) is 0 Å². The molecule has 0 N–H and O–H groups in total. The van der Waals surface area contributed by atoms with Crippen molar-refractivity contribution in [3.05, 3.63) is 121 Å². The molecule has 4 aromatic rings. The average Bonchev–Trinajstić information content (AvgIpc) is 3.43. The molecule has 32 heavy (non-hydrogen) atoms. The molecule has 4 aromatic carbocycles. The van der Waals surface area contributed by atoms with E-state index in [0.29, 0.717) is 13.2 Å². The van der Waals surface area contributed by atoms with E-state index in [1.165, 1.54) is 21.2 Å². The Hall–Kier alpha value is -2.77. The Morgan fingerprint density at radius 3 is 1.44 bits per heavy atom. The maximum absolute atomic E-state index is 6.07. The van der Waals surface area contributed by atoms with Gasteiger partial charge in [-0.25, -0.2) is 0 Å². The molecule has 0 spiro atoms. The normalized spacial score (nSPS) is 15.8. The fourth-order valence-electron chi connectivity index (χ4n) is 5.53. The maximum atomic E-state index is 6.07. The Bertz CT molecular complexity index is 1070. The summed E-state index contributed by atoms with van der Waals surface area (Å²) in [6, 6.07) is 42.0. The third kappa shape index (κ3) is 2.98. The van der Waals surface area contributed by atoms with Crippen LogP contribution in [-0.4, -0.2) is 19.4 Å². The predicted octanol–water partition coefficient (Wildman–Crippen LogP) is 4.91. The topological polar surface area (TPSA) is 18.5 Å². The van der Waals surface area contributed by atoms with Gasteiger partial charge >= 0.3 is 191 Å². The van der Waals surface area contributed by atoms with Crippen LogP contribution >= 0.6 is 6.60 Å². The summed E-state index contributed by atoms with van der Waals surface area (Å²) in [5, 5.41) is 5.42. The summed E-state index contributed by atoms with van der Waals surface area (Å²) >= 11 is 0. The average molecular weight is 441 g/mol. The van der Waals surface area contributed by atoms with Crippen molar-refractivity contribution < 1.29 is 9.47 Å². The van der Waals surface area contributed by atoms with E-state index in [2.05, 4.69) is 122 Å². The minimum atomic E-state index is -3.12. The fourth-order valence-corrected chi connectivity index (χ4v) is 12.3. The van der Waals surface area contributed by atoms with Crippen LogP contribution in [0.2, 0.25) is 0 Å². The molecule has 0 radical (unpaired) electrons. The first-order chi connectivity index (χ1) is 15.8. The van der Waals surface area contributed by atoms with E-state index in [0.717, 1.165) is 11.7 Å². The van der Waals surface area contributed by atoms with Gasteiger partial charge in [0.15, 0.2) is 0 Å². The van der Waals surface area contributed by atoms with E-state index < -0.39 is 6.60 Å². The van der Waals surface area contributed by atoms with Gasteiger partial charge in [-0.05, 0) is 0 Å². The van der Waals surface area contributed by atoms with Gasteiger partial charge in [0.25, 0.3) is 0 Å². The van der Waals surface area contributed by atoms with Crippen LogP contribution in [0.25, 0.3) is 0 Å². The standard InChI is InChI=1S/C29H29O2P/c1-2-32(24-14-6-3-7-15-24,25-16-8-4-9-17-25,26-18-10-5-11-19-26)28-21-13-12-20-27(28)29-30-22-23-31-29/h3-21,29H,2,22-23H2,1H3. The predicted molar refractivity (Wildman–Crippen MR) is 136 cm³/mol. The molecule has 1 saturated heterocycles. The molecule has 3 heteroatoms. The van der Waals surface area contributed by atoms with Crippen LogP contribution in [0.3, 0.4) is 0 Å². The van der Waals surface area contributed by atoms with Gasteiger partial charge in [-0.1, -0.05) is 0 Å². The van der Waals surface area contributed by atoms with Gasteiger partial charge in [-0.15, -0.1) is 0 Å². The Labute approximate surface area is 190 Å². The zero-order chi connectivity index (χ0) is 21.9. The second kappa shape index (κ2) is 8.64. The van der Waals surface area contributed by atoms with Crippen molar-refractivity contribution >= 4 is 27.8 Å². The molecule has 2 nitrogen and oxygen atoms in total. The summed E-state index contributed by atoms with van der Waals surface area (Å²) in [7, 11) is 0. The summed E-state index contributed by atoms with van der Waals surface area (Å²) in [5.74, 6) is 0. The molecular weight excluding hydrogens is 411 g/mol. The monoisotopic (exact) mass is 440 g/mol. The molecule has 0 atom stereocenters. The van der Waals surface area contributed by atoms with Gasteiger partial charge in [0.2, 0.25) is 0 Å². The summed E-state index contributed by atoms with van der Waals surface area (Å²) in [6.07, 6.45) is 0.628. The fraction of sp³-hybridized carbons (Fsp3) is 0.172. The van der Waals surface area contributed by atoms with Crippen molar-refractivity contribution in [3.8, 4) is 0 Å². The van der Waals surface area contributed by atoms with E-state index in [1.807, 2.05) is 0 Å². The van der Waals surface area contributed by atoms with Gasteiger partial charge in [-0.2, -0.15) is 0 Å². The van der Waals surface area contributed by atoms with Crippen LogP contribution < -0.4 is 21.2 Å². The number of ether oxygens (including phenoxy) is 2. The number of rotatable bonds is 6. The molecule has 1 fully saturated rings. The van der Waals surface area contributed by atoms with Crippen molar-refractivity contribution in [3.63, 3.8) is 0 Å². The Morgan fingerprint density at radius 1 is 0.594 bits per heavy atom. The molecule has 5 rings (SSSR count). The summed E-state index contributed by atoms with van der Waals surface area (Å²) < 4.78 is 12.1. The van der Waals surface area contributed by atoms with Crippen molar-refractivity contribution in [1.29, 1.82) is 0 Å². The quantitative estimate of drug-likeness (QED) is 0.397. The summed E-state index contributed by atoms with van der Waals surface area (Å²) in [5.41, 5.74) is 1.14. The molecular formula is C29H29O2P. The van der Waals surface area contributed by atoms with Gasteiger partial charge in [0.05, 0.1) is 0 Å². The number of benzene rings is 4. The van der Waals surface area contributed by atoms with E-state index in [1.54, 1.807) is 0 Å². The molecule has 1 aliphatic rings. The summed E-state index contributed by atoms with van der Waals surface area (Å²) in [6.45, 7) is 0.477. The molecule has 0 amide bonds. The second-order valence-corrected chi connectivity index (χ2v) is 13.5. The zero-order valence-electron chi connectivity index (χ0n) is 18.4. The zero-order valence-corrected chi connectivity index (χ0v) is 19.3. The minimum absolute atomic E-state index is 0.338. The van der Waals surface area contributed by atoms with Gasteiger partial charge in [0.1, 0.15) is 0 Å². The van der Waals surface area contributed by atoms with Crippen LogP contribution in [0.5, 0.6) is 0 Å². The van der Waals surface area contributed by atoms with Crippen molar-refractivity contribution in [2.24, 2.45) is 0 Å². The molecule has 162 valence electrons. The first-order valence-corrected chi connectivity index (χ1v) is 13.7. The number of hydrogen-bond donors (Lipinski definition) is 0. The van der Waals surface area contributed by atoms with E-state index >= 15 is 0 Å². The first kappa shape index (κ1) is 21.1. The van der Waals surface area contributed by atoms with Gasteiger partial charge < -0.3 is 0 Å². The third-order valence-electron chi connectivity index (χ3n) is 6.95. The van der Waals surface area contributed by atoms with Crippen molar-refractivity contribution in [2.75, 3.05) is 19.4 Å². The molecule has 1 heterocycles. The van der Waals surface area contributed by atoms with E-state index in [4.69, 9.17) is 9.47 Å². The van der Waals surface area contributed by atoms with Crippen LogP contribution in [0.4, 0.5) is 0 Å². The third-order valence-corrected chi connectivity index (χ3v) is 14.0. The molecule has 0 unspecified atom stereocenters. The van der Waals surface area contributed by atoms with Crippen LogP contribution in [0.1, 0.15) is 18.8 Å². The van der Waals surface area contributed by atoms with Crippen LogP contribution in [0.15, 0.2) is 115 Å². The molecule has 0 aromatic heterocycles. The first-order valence-electron chi connectivity index (χ1n) is 11.3. The summed E-state index contributed by atoms with van der Waals surface area (Å²) in [4.78, 5) is 0. The molecule has 0 saturated carbocycles. The SMILES string of the molecule is CCP(c1ccccc1)(c1ccccc1)(c1ccccc1)c1ccccc1C1OCCO1. The van der Waals surface area contributed by atoms with Gasteiger partial charge in [0, 0.05) is 0 Å². The van der Waals surface area contributed by atoms with E-state index in [9.17, 15) is 0 Å².